The van der Waals surface area contributed by atoms with E-state index in [1.165, 1.54) is 0 Å². The maximum Gasteiger partial charge on any atom is 0.226 e. The van der Waals surface area contributed by atoms with Crippen molar-refractivity contribution < 1.29 is 4.79 Å². The van der Waals surface area contributed by atoms with Crippen LogP contribution in [0.5, 0.6) is 0 Å². The van der Waals surface area contributed by atoms with Crippen molar-refractivity contribution in [1.29, 1.82) is 0 Å². The zero-order chi connectivity index (χ0) is 13.1. The summed E-state index contributed by atoms with van der Waals surface area (Å²) in [6.07, 6.45) is 0. The van der Waals surface area contributed by atoms with Gasteiger partial charge in [-0.25, -0.2) is 0 Å². The van der Waals surface area contributed by atoms with Gasteiger partial charge in [-0.2, -0.15) is 0 Å². The fourth-order valence-corrected chi connectivity index (χ4v) is 2.21. The van der Waals surface area contributed by atoms with Gasteiger partial charge in [0.25, 0.3) is 0 Å². The lowest BCUT2D eigenvalue weighted by atomic mass is 10.0. The molecule has 1 aromatic carbocycles. The van der Waals surface area contributed by atoms with Gasteiger partial charge in [-0.15, -0.1) is 0 Å². The first-order valence-electron chi connectivity index (χ1n) is 6.12. The second kappa shape index (κ2) is 5.69. The summed E-state index contributed by atoms with van der Waals surface area (Å²) in [6.45, 7) is 4.64. The Hall–Kier alpha value is -1.10. The molecule has 1 aromatic rings. The Kier molecular flexibility index (Phi) is 4.22. The molecule has 18 heavy (non-hydrogen) atoms. The first-order chi connectivity index (χ1) is 8.58. The molecular formula is C13H18ClN3O. The predicted octanol–water partition coefficient (Wildman–Crippen LogP) is 1.63. The van der Waals surface area contributed by atoms with E-state index in [0.717, 1.165) is 5.56 Å². The van der Waals surface area contributed by atoms with Gasteiger partial charge in [0.15, 0.2) is 0 Å². The number of hydrogen-bond acceptors (Lipinski definition) is 3. The fraction of sp³-hybridized carbons (Fsp3) is 0.462. The average Bonchev–Trinajstić information content (AvgIpc) is 2.76. The molecule has 0 spiro atoms. The second-order valence-corrected chi connectivity index (χ2v) is 5.14. The number of benzene rings is 1. The molecule has 98 valence electrons. The fourth-order valence-electron chi connectivity index (χ4n) is 2.08. The standard InChI is InChI=1S/C13H18ClN3O/c1-8(10-3-5-11(14)6-4-10)16-13(18)12-7-15-17-9(12)2/h3-6,8-9,12,15,17H,7H2,1-2H3,(H,16,18). The predicted molar refractivity (Wildman–Crippen MR) is 72.1 cm³/mol. The minimum atomic E-state index is -0.0280. The van der Waals surface area contributed by atoms with Gasteiger partial charge in [0.2, 0.25) is 5.91 Å². The first-order valence-corrected chi connectivity index (χ1v) is 6.50. The lowest BCUT2D eigenvalue weighted by Crippen LogP contribution is -2.38. The van der Waals surface area contributed by atoms with Gasteiger partial charge in [0.05, 0.1) is 12.0 Å². The maximum absolute atomic E-state index is 12.1. The summed E-state index contributed by atoms with van der Waals surface area (Å²) in [5.74, 6) is 0.0437. The van der Waals surface area contributed by atoms with Gasteiger partial charge in [-0.3, -0.25) is 15.6 Å². The Balaban J connectivity index is 1.96. The Morgan fingerprint density at radius 1 is 1.44 bits per heavy atom. The molecule has 1 aliphatic heterocycles. The summed E-state index contributed by atoms with van der Waals surface area (Å²) in [7, 11) is 0. The molecule has 1 aliphatic rings. The highest BCUT2D eigenvalue weighted by Crippen LogP contribution is 2.17. The highest BCUT2D eigenvalue weighted by molar-refractivity contribution is 6.30. The number of halogens is 1. The molecule has 1 amide bonds. The summed E-state index contributed by atoms with van der Waals surface area (Å²) >= 11 is 5.84. The summed E-state index contributed by atoms with van der Waals surface area (Å²) in [5.41, 5.74) is 7.09. The molecule has 0 radical (unpaired) electrons. The number of amides is 1. The number of rotatable bonds is 3. The van der Waals surface area contributed by atoms with Crippen molar-refractivity contribution in [1.82, 2.24) is 16.2 Å². The number of carbonyl (C=O) groups excluding carboxylic acids is 1. The monoisotopic (exact) mass is 267 g/mol. The Morgan fingerprint density at radius 2 is 2.11 bits per heavy atom. The third-order valence-corrected chi connectivity index (χ3v) is 3.57. The molecule has 1 fully saturated rings. The summed E-state index contributed by atoms with van der Waals surface area (Å²) in [6, 6.07) is 7.68. The molecule has 3 atom stereocenters. The van der Waals surface area contributed by atoms with Crippen LogP contribution in [0.2, 0.25) is 5.02 Å². The van der Waals surface area contributed by atoms with E-state index < -0.39 is 0 Å². The highest BCUT2D eigenvalue weighted by Gasteiger charge is 2.30. The van der Waals surface area contributed by atoms with Gasteiger partial charge in [-0.1, -0.05) is 23.7 Å². The number of nitrogens with one attached hydrogen (secondary N) is 3. The SMILES string of the molecule is CC(NC(=O)C1CNNC1C)c1ccc(Cl)cc1. The van der Waals surface area contributed by atoms with Gasteiger partial charge >= 0.3 is 0 Å². The van der Waals surface area contributed by atoms with Crippen LogP contribution < -0.4 is 16.2 Å². The molecule has 1 saturated heterocycles. The van der Waals surface area contributed by atoms with Crippen LogP contribution in [-0.4, -0.2) is 18.5 Å². The Morgan fingerprint density at radius 3 is 2.67 bits per heavy atom. The minimum absolute atomic E-state index is 0.0115. The molecular weight excluding hydrogens is 250 g/mol. The molecule has 5 heteroatoms. The largest absolute Gasteiger partial charge is 0.349 e. The first kappa shape index (κ1) is 13.3. The van der Waals surface area contributed by atoms with Gasteiger partial charge in [-0.05, 0) is 31.5 Å². The van der Waals surface area contributed by atoms with E-state index in [2.05, 4.69) is 16.2 Å². The van der Waals surface area contributed by atoms with Crippen molar-refractivity contribution in [2.24, 2.45) is 5.92 Å². The average molecular weight is 268 g/mol. The molecule has 3 N–H and O–H groups in total. The lowest BCUT2D eigenvalue weighted by Gasteiger charge is -2.19. The molecule has 0 bridgehead atoms. The van der Waals surface area contributed by atoms with Gasteiger partial charge < -0.3 is 5.32 Å². The van der Waals surface area contributed by atoms with Crippen LogP contribution >= 0.6 is 11.6 Å². The van der Waals surface area contributed by atoms with E-state index >= 15 is 0 Å². The van der Waals surface area contributed by atoms with Crippen LogP contribution in [0.4, 0.5) is 0 Å². The lowest BCUT2D eigenvalue weighted by molar-refractivity contribution is -0.125. The molecule has 0 aliphatic carbocycles. The van der Waals surface area contributed by atoms with E-state index in [4.69, 9.17) is 11.6 Å². The van der Waals surface area contributed by atoms with Crippen molar-refractivity contribution in [3.8, 4) is 0 Å². The highest BCUT2D eigenvalue weighted by atomic mass is 35.5. The van der Waals surface area contributed by atoms with Crippen LogP contribution in [0.15, 0.2) is 24.3 Å². The van der Waals surface area contributed by atoms with Crippen LogP contribution in [0, 0.1) is 5.92 Å². The van der Waals surface area contributed by atoms with E-state index in [0.29, 0.717) is 11.6 Å². The normalized spacial score (nSPS) is 24.8. The summed E-state index contributed by atoms with van der Waals surface area (Å²) < 4.78 is 0. The van der Waals surface area contributed by atoms with E-state index in [1.807, 2.05) is 38.1 Å². The van der Waals surface area contributed by atoms with Crippen LogP contribution in [-0.2, 0) is 4.79 Å². The minimum Gasteiger partial charge on any atom is -0.349 e. The van der Waals surface area contributed by atoms with Crippen molar-refractivity contribution in [2.45, 2.75) is 25.9 Å². The van der Waals surface area contributed by atoms with Crippen molar-refractivity contribution in [3.63, 3.8) is 0 Å². The topological polar surface area (TPSA) is 53.2 Å². The van der Waals surface area contributed by atoms with Crippen molar-refractivity contribution in [3.05, 3.63) is 34.9 Å². The zero-order valence-electron chi connectivity index (χ0n) is 10.5. The van der Waals surface area contributed by atoms with Crippen molar-refractivity contribution >= 4 is 17.5 Å². The van der Waals surface area contributed by atoms with E-state index in [9.17, 15) is 4.79 Å². The third kappa shape index (κ3) is 3.02. The smallest absolute Gasteiger partial charge is 0.226 e. The molecule has 3 unspecified atom stereocenters. The number of hydrogen-bond donors (Lipinski definition) is 3. The third-order valence-electron chi connectivity index (χ3n) is 3.32. The zero-order valence-corrected chi connectivity index (χ0v) is 11.3. The number of hydrazine groups is 1. The Bertz CT molecular complexity index is 421. The second-order valence-electron chi connectivity index (χ2n) is 4.70. The Labute approximate surface area is 112 Å². The summed E-state index contributed by atoms with van der Waals surface area (Å²) in [5, 5.41) is 3.73. The quantitative estimate of drug-likeness (QED) is 0.780. The maximum atomic E-state index is 12.1. The van der Waals surface area contributed by atoms with E-state index in [1.54, 1.807) is 0 Å². The van der Waals surface area contributed by atoms with Gasteiger partial charge in [0, 0.05) is 17.6 Å². The summed E-state index contributed by atoms with van der Waals surface area (Å²) in [4.78, 5) is 12.1. The van der Waals surface area contributed by atoms with Crippen LogP contribution in [0.3, 0.4) is 0 Å². The van der Waals surface area contributed by atoms with Crippen LogP contribution in [0.25, 0.3) is 0 Å². The van der Waals surface area contributed by atoms with E-state index in [-0.39, 0.29) is 23.9 Å². The molecule has 2 rings (SSSR count). The molecule has 4 nitrogen and oxygen atoms in total. The molecule has 0 aromatic heterocycles. The number of carbonyl (C=O) groups is 1. The van der Waals surface area contributed by atoms with Crippen molar-refractivity contribution in [2.75, 3.05) is 6.54 Å². The molecule has 1 heterocycles. The van der Waals surface area contributed by atoms with Gasteiger partial charge in [0.1, 0.15) is 0 Å². The van der Waals surface area contributed by atoms with Crippen LogP contribution in [0.1, 0.15) is 25.5 Å². The molecule has 0 saturated carbocycles.